The van der Waals surface area contributed by atoms with Crippen LogP contribution < -0.4 is 11.1 Å². The van der Waals surface area contributed by atoms with E-state index < -0.39 is 54.7 Å². The third kappa shape index (κ3) is 17.8. The second kappa shape index (κ2) is 29.6. The molecular formula is C57H74N4O10. The van der Waals surface area contributed by atoms with Crippen LogP contribution in [0.3, 0.4) is 0 Å². The Kier molecular flexibility index (Phi) is 22.8. The van der Waals surface area contributed by atoms with E-state index in [0.29, 0.717) is 45.4 Å². The molecule has 1 unspecified atom stereocenters. The minimum Gasteiger partial charge on any atom is -0.460 e. The summed E-state index contributed by atoms with van der Waals surface area (Å²) in [6.07, 6.45) is 1.74. The minimum atomic E-state index is -1.40. The first-order valence-electron chi connectivity index (χ1n) is 25.3. The molecule has 5 aromatic rings. The third-order valence-electron chi connectivity index (χ3n) is 13.1. The highest BCUT2D eigenvalue weighted by Gasteiger charge is 2.40. The maximum atomic E-state index is 13.5. The quantitative estimate of drug-likeness (QED) is 0.0227. The summed E-state index contributed by atoms with van der Waals surface area (Å²) < 4.78 is 22.8. The van der Waals surface area contributed by atoms with E-state index in [2.05, 4.69) is 41.4 Å². The molecular weight excluding hydrogens is 901 g/mol. The molecule has 14 heteroatoms. The Balaban J connectivity index is 1.09. The van der Waals surface area contributed by atoms with Crippen LogP contribution in [0.5, 0.6) is 0 Å². The van der Waals surface area contributed by atoms with E-state index >= 15 is 0 Å². The zero-order valence-corrected chi connectivity index (χ0v) is 41.2. The highest BCUT2D eigenvalue weighted by molar-refractivity contribution is 5.89. The molecule has 2 amide bonds. The molecule has 6 N–H and O–H groups in total. The maximum absolute atomic E-state index is 13.5. The number of aliphatic hydroxyl groups excluding tert-OH is 3. The van der Waals surface area contributed by atoms with Gasteiger partial charge in [0.05, 0.1) is 25.3 Å². The minimum absolute atomic E-state index is 0.0582. The van der Waals surface area contributed by atoms with Crippen molar-refractivity contribution < 1.29 is 48.7 Å². The van der Waals surface area contributed by atoms with Gasteiger partial charge in [-0.1, -0.05) is 154 Å². The maximum Gasteiger partial charge on any atom is 0.407 e. The summed E-state index contributed by atoms with van der Waals surface area (Å²) in [4.78, 5) is 43.1. The van der Waals surface area contributed by atoms with E-state index in [0.717, 1.165) is 78.0 Å². The fourth-order valence-corrected chi connectivity index (χ4v) is 9.15. The van der Waals surface area contributed by atoms with Crippen LogP contribution in [0.2, 0.25) is 0 Å². The van der Waals surface area contributed by atoms with Crippen molar-refractivity contribution in [3.05, 3.63) is 155 Å². The molecule has 1 fully saturated rings. The smallest absolute Gasteiger partial charge is 0.407 e. The number of aliphatic hydroxyl groups is 3. The Morgan fingerprint density at radius 1 is 0.718 bits per heavy atom. The Hall–Kier alpha value is -5.71. The van der Waals surface area contributed by atoms with E-state index in [1.807, 2.05) is 108 Å². The lowest BCUT2D eigenvalue weighted by atomic mass is 9.93. The van der Waals surface area contributed by atoms with Gasteiger partial charge in [-0.2, -0.15) is 0 Å². The standard InChI is InChI=1S/C57H74N4O10/c1-2-3-4-18-34-60(37-50(62)53(65)54-51(63)41-69-56(71-54)46-25-12-7-13-26-46)35-19-36-61(38-52(64)68-39-42-20-8-5-9-21-42)49(55(58)66)32-31-45-30-29-44(47-27-14-15-28-48(45)47)24-16-17-33-59-57(67)70-40-43-22-10-6-11-23-43/h5-15,20-23,25-30,49-51,53-54,56,62-63,65H,2-4,16-19,24,31-41H2,1H3,(H2,58,66)(H,59,67)/t49-,50-,51+,53+,54+,56?/m0/s1. The lowest BCUT2D eigenvalue weighted by Crippen LogP contribution is -2.54. The number of nitrogens with one attached hydrogen (secondary N) is 1. The molecule has 1 heterocycles. The van der Waals surface area contributed by atoms with Crippen molar-refractivity contribution in [1.82, 2.24) is 15.1 Å². The summed E-state index contributed by atoms with van der Waals surface area (Å²) in [5, 5.41) is 38.8. The number of ether oxygens (including phenoxy) is 4. The summed E-state index contributed by atoms with van der Waals surface area (Å²) in [7, 11) is 0. The highest BCUT2D eigenvalue weighted by Crippen LogP contribution is 2.30. The number of carbonyl (C=O) groups is 3. The third-order valence-corrected chi connectivity index (χ3v) is 13.1. The summed E-state index contributed by atoms with van der Waals surface area (Å²) >= 11 is 0. The number of rotatable bonds is 30. The number of alkyl carbamates (subject to hydrolysis) is 1. The van der Waals surface area contributed by atoms with Crippen LogP contribution in [0.15, 0.2) is 127 Å². The second-order valence-electron chi connectivity index (χ2n) is 18.5. The lowest BCUT2D eigenvalue weighted by Gasteiger charge is -2.39. The summed E-state index contributed by atoms with van der Waals surface area (Å²) in [5.74, 6) is -1.02. The Morgan fingerprint density at radius 2 is 1.32 bits per heavy atom. The van der Waals surface area contributed by atoms with Crippen LogP contribution >= 0.6 is 0 Å². The van der Waals surface area contributed by atoms with Crippen LogP contribution in [0.4, 0.5) is 4.79 Å². The molecule has 0 saturated carbocycles. The van der Waals surface area contributed by atoms with Crippen LogP contribution in [-0.2, 0) is 54.6 Å². The number of nitrogens with two attached hydrogens (primary N) is 1. The number of hydrogen-bond acceptors (Lipinski definition) is 12. The van der Waals surface area contributed by atoms with Crippen molar-refractivity contribution in [3.63, 3.8) is 0 Å². The van der Waals surface area contributed by atoms with E-state index in [-0.39, 0.29) is 32.9 Å². The van der Waals surface area contributed by atoms with Gasteiger partial charge in [-0.15, -0.1) is 0 Å². The number of amides is 2. The van der Waals surface area contributed by atoms with Crippen molar-refractivity contribution in [2.75, 3.05) is 45.9 Å². The zero-order valence-electron chi connectivity index (χ0n) is 41.2. The summed E-state index contributed by atoms with van der Waals surface area (Å²) in [6.45, 7) is 4.33. The zero-order chi connectivity index (χ0) is 50.2. The Morgan fingerprint density at radius 3 is 1.97 bits per heavy atom. The first-order valence-corrected chi connectivity index (χ1v) is 25.3. The molecule has 0 radical (unpaired) electrons. The second-order valence-corrected chi connectivity index (χ2v) is 18.5. The molecule has 0 spiro atoms. The van der Waals surface area contributed by atoms with Gasteiger partial charge in [0.25, 0.3) is 0 Å². The molecule has 1 aliphatic heterocycles. The summed E-state index contributed by atoms with van der Waals surface area (Å²) in [5.41, 5.74) is 11.0. The molecule has 0 bridgehead atoms. The lowest BCUT2D eigenvalue weighted by molar-refractivity contribution is -0.283. The first kappa shape index (κ1) is 54.6. The van der Waals surface area contributed by atoms with Gasteiger partial charge < -0.3 is 50.2 Å². The number of unbranched alkanes of at least 4 members (excludes halogenated alkanes) is 4. The van der Waals surface area contributed by atoms with Gasteiger partial charge in [-0.05, 0) is 91.1 Å². The number of hydrogen-bond donors (Lipinski definition) is 5. The van der Waals surface area contributed by atoms with E-state index in [4.69, 9.17) is 24.7 Å². The molecule has 0 aromatic heterocycles. The van der Waals surface area contributed by atoms with Crippen molar-refractivity contribution in [2.45, 2.75) is 121 Å². The first-order chi connectivity index (χ1) is 34.6. The monoisotopic (exact) mass is 975 g/mol. The molecule has 14 nitrogen and oxygen atoms in total. The molecule has 5 aromatic carbocycles. The van der Waals surface area contributed by atoms with Crippen LogP contribution in [0, 0.1) is 0 Å². The van der Waals surface area contributed by atoms with Crippen molar-refractivity contribution in [2.24, 2.45) is 5.73 Å². The topological polar surface area (TPSA) is 193 Å². The predicted octanol–water partition coefficient (Wildman–Crippen LogP) is 7.39. The van der Waals surface area contributed by atoms with Gasteiger partial charge in [0.1, 0.15) is 31.5 Å². The van der Waals surface area contributed by atoms with Gasteiger partial charge in [0, 0.05) is 25.2 Å². The predicted molar refractivity (Wildman–Crippen MR) is 274 cm³/mol. The summed E-state index contributed by atoms with van der Waals surface area (Å²) in [6, 6.07) is 39.9. The molecule has 6 atom stereocenters. The van der Waals surface area contributed by atoms with Gasteiger partial charge in [-0.3, -0.25) is 14.5 Å². The van der Waals surface area contributed by atoms with Crippen molar-refractivity contribution in [1.29, 1.82) is 0 Å². The number of primary amides is 1. The van der Waals surface area contributed by atoms with E-state index in [1.54, 1.807) is 0 Å². The number of esters is 1. The molecule has 382 valence electrons. The molecule has 1 saturated heterocycles. The number of aryl methyl sites for hydroxylation is 2. The SMILES string of the molecule is CCCCCCN(CCCN(CC(=O)OCc1ccccc1)[C@@H](CCc1ccc(CCCCNC(=O)OCc2ccccc2)c2ccccc12)C(N)=O)C[C@H](O)[C@@H](O)[C@@H]1OC(c2ccccc2)OC[C@H]1O. The number of carbonyl (C=O) groups excluding carboxylic acids is 3. The fourth-order valence-electron chi connectivity index (χ4n) is 9.15. The number of nitrogens with zero attached hydrogens (tertiary/aromatic N) is 2. The average molecular weight is 975 g/mol. The Labute approximate surface area is 419 Å². The number of benzene rings is 5. The molecule has 71 heavy (non-hydrogen) atoms. The van der Waals surface area contributed by atoms with Crippen LogP contribution in [0.1, 0.15) is 92.4 Å². The highest BCUT2D eigenvalue weighted by atomic mass is 16.7. The fraction of sp³-hybridized carbons (Fsp3) is 0.456. The van der Waals surface area contributed by atoms with Crippen molar-refractivity contribution >= 4 is 28.7 Å². The van der Waals surface area contributed by atoms with Gasteiger partial charge >= 0.3 is 12.1 Å². The molecule has 0 aliphatic carbocycles. The molecule has 1 aliphatic rings. The average Bonchev–Trinajstić information content (AvgIpc) is 3.39. The van der Waals surface area contributed by atoms with Crippen LogP contribution in [-0.4, -0.2) is 119 Å². The van der Waals surface area contributed by atoms with Gasteiger partial charge in [0.15, 0.2) is 6.29 Å². The van der Waals surface area contributed by atoms with Gasteiger partial charge in [0.2, 0.25) is 5.91 Å². The molecule has 6 rings (SSSR count). The number of fused-ring (bicyclic) bond motifs is 1. The largest absolute Gasteiger partial charge is 0.460 e. The Bertz CT molecular complexity index is 2340. The van der Waals surface area contributed by atoms with E-state index in [9.17, 15) is 29.7 Å². The van der Waals surface area contributed by atoms with Crippen molar-refractivity contribution in [3.8, 4) is 0 Å². The van der Waals surface area contributed by atoms with E-state index in [1.165, 1.54) is 5.56 Å². The normalized spacial score (nSPS) is 17.2. The van der Waals surface area contributed by atoms with Crippen LogP contribution in [0.25, 0.3) is 10.8 Å². The van der Waals surface area contributed by atoms with Gasteiger partial charge in [-0.25, -0.2) is 4.79 Å².